The fraction of sp³-hybridized carbons (Fsp3) is 0.389. The van der Waals surface area contributed by atoms with Crippen LogP contribution < -0.4 is 5.73 Å². The number of benzene rings is 1. The maximum absolute atomic E-state index is 6.18. The zero-order chi connectivity index (χ0) is 15.7. The van der Waals surface area contributed by atoms with E-state index in [1.54, 1.807) is 0 Å². The van der Waals surface area contributed by atoms with Gasteiger partial charge < -0.3 is 5.73 Å². The summed E-state index contributed by atoms with van der Waals surface area (Å²) in [6.07, 6.45) is 6.57. The van der Waals surface area contributed by atoms with Crippen molar-refractivity contribution in [1.82, 2.24) is 4.98 Å². The average molecular weight is 305 g/mol. The maximum Gasteiger partial charge on any atom is 0.0408 e. The van der Waals surface area contributed by atoms with Gasteiger partial charge in [-0.2, -0.15) is 0 Å². The van der Waals surface area contributed by atoms with Crippen molar-refractivity contribution in [3.8, 4) is 0 Å². The smallest absolute Gasteiger partial charge is 0.0408 e. The quantitative estimate of drug-likeness (QED) is 0.878. The van der Waals surface area contributed by atoms with Crippen LogP contribution in [0.15, 0.2) is 42.7 Å². The molecule has 0 spiro atoms. The van der Waals surface area contributed by atoms with E-state index in [0.29, 0.717) is 0 Å². The average Bonchev–Trinajstić information content (AvgIpc) is 2.47. The molecule has 0 aliphatic rings. The topological polar surface area (TPSA) is 38.9 Å². The number of hydrogen-bond donors (Lipinski definition) is 1. The van der Waals surface area contributed by atoms with E-state index in [4.69, 9.17) is 17.3 Å². The molecule has 0 saturated carbocycles. The summed E-state index contributed by atoms with van der Waals surface area (Å²) in [5.41, 5.74) is 9.82. The first-order valence-corrected chi connectivity index (χ1v) is 7.92. The number of pyridine rings is 1. The second kappa shape index (κ2) is 9.54. The predicted molar refractivity (Wildman–Crippen MR) is 91.8 cm³/mol. The molecule has 2 N–H and O–H groups in total. The van der Waals surface area contributed by atoms with Crippen LogP contribution in [-0.2, 0) is 12.8 Å². The number of nitrogens with two attached hydrogens (primary N) is 1. The summed E-state index contributed by atoms with van der Waals surface area (Å²) in [4.78, 5) is 4.20. The zero-order valence-corrected chi connectivity index (χ0v) is 13.9. The summed E-state index contributed by atoms with van der Waals surface area (Å²) in [6.45, 7) is 6.06. The van der Waals surface area contributed by atoms with Crippen LogP contribution in [0, 0.1) is 6.92 Å². The highest BCUT2D eigenvalue weighted by molar-refractivity contribution is 6.30. The molecular weight excluding hydrogens is 280 g/mol. The van der Waals surface area contributed by atoms with Gasteiger partial charge in [0.1, 0.15) is 0 Å². The number of hydrogen-bond acceptors (Lipinski definition) is 2. The minimum absolute atomic E-state index is 0.152. The van der Waals surface area contributed by atoms with Gasteiger partial charge in [-0.1, -0.05) is 43.6 Å². The zero-order valence-electron chi connectivity index (χ0n) is 13.1. The van der Waals surface area contributed by atoms with E-state index in [9.17, 15) is 0 Å². The Labute approximate surface area is 133 Å². The van der Waals surface area contributed by atoms with Crippen molar-refractivity contribution in [1.29, 1.82) is 0 Å². The number of halogens is 1. The van der Waals surface area contributed by atoms with E-state index < -0.39 is 0 Å². The standard InChI is InChI=1S/C16H19ClN2.C2H6/c1-12-7-14(11-19-10-12)5-6-16(18)9-13-3-2-4-15(17)8-13;1-2/h2-4,7-8,10-11,16H,5-6,9,18H2,1H3;1-2H3. The van der Waals surface area contributed by atoms with Crippen molar-refractivity contribution in [3.05, 3.63) is 64.4 Å². The minimum atomic E-state index is 0.152. The lowest BCUT2D eigenvalue weighted by atomic mass is 10.00. The Balaban J connectivity index is 0.00000106. The molecule has 114 valence electrons. The van der Waals surface area contributed by atoms with Gasteiger partial charge >= 0.3 is 0 Å². The van der Waals surface area contributed by atoms with Gasteiger partial charge in [0, 0.05) is 23.5 Å². The molecule has 1 heterocycles. The lowest BCUT2D eigenvalue weighted by Gasteiger charge is -2.12. The number of aryl methyl sites for hydroxylation is 2. The Morgan fingerprint density at radius 1 is 1.14 bits per heavy atom. The Kier molecular flexibility index (Phi) is 8.03. The normalized spacial score (nSPS) is 11.5. The van der Waals surface area contributed by atoms with Crippen molar-refractivity contribution >= 4 is 11.6 Å². The third kappa shape index (κ3) is 6.74. The first kappa shape index (κ1) is 17.7. The highest BCUT2D eigenvalue weighted by Gasteiger charge is 2.05. The molecule has 1 unspecified atom stereocenters. The molecule has 21 heavy (non-hydrogen) atoms. The van der Waals surface area contributed by atoms with Crippen LogP contribution in [0.4, 0.5) is 0 Å². The van der Waals surface area contributed by atoms with Crippen molar-refractivity contribution in [2.45, 2.75) is 46.1 Å². The second-order valence-corrected chi connectivity index (χ2v) is 5.44. The van der Waals surface area contributed by atoms with Crippen LogP contribution in [0.3, 0.4) is 0 Å². The molecule has 0 bridgehead atoms. The van der Waals surface area contributed by atoms with Crippen LogP contribution in [0.5, 0.6) is 0 Å². The molecule has 1 atom stereocenters. The number of rotatable bonds is 5. The van der Waals surface area contributed by atoms with Crippen molar-refractivity contribution in [3.63, 3.8) is 0 Å². The molecule has 0 saturated heterocycles. The predicted octanol–water partition coefficient (Wildman–Crippen LogP) is 4.57. The lowest BCUT2D eigenvalue weighted by Crippen LogP contribution is -2.23. The van der Waals surface area contributed by atoms with Crippen LogP contribution in [0.2, 0.25) is 5.02 Å². The lowest BCUT2D eigenvalue weighted by molar-refractivity contribution is 0.609. The molecule has 1 aromatic carbocycles. The van der Waals surface area contributed by atoms with E-state index in [1.165, 1.54) is 16.7 Å². The molecule has 2 nitrogen and oxygen atoms in total. The van der Waals surface area contributed by atoms with Gasteiger partial charge in [0.05, 0.1) is 0 Å². The molecule has 0 fully saturated rings. The van der Waals surface area contributed by atoms with Crippen molar-refractivity contribution in [2.24, 2.45) is 5.73 Å². The third-order valence-electron chi connectivity index (χ3n) is 3.12. The Morgan fingerprint density at radius 3 is 2.57 bits per heavy atom. The highest BCUT2D eigenvalue weighted by atomic mass is 35.5. The molecule has 2 aromatic rings. The van der Waals surface area contributed by atoms with Crippen LogP contribution in [0.25, 0.3) is 0 Å². The molecule has 1 aromatic heterocycles. The first-order chi connectivity index (χ1) is 10.1. The molecule has 0 radical (unpaired) electrons. The molecule has 2 rings (SSSR count). The Hall–Kier alpha value is -1.38. The van der Waals surface area contributed by atoms with Crippen LogP contribution >= 0.6 is 11.6 Å². The first-order valence-electron chi connectivity index (χ1n) is 7.54. The van der Waals surface area contributed by atoms with E-state index in [-0.39, 0.29) is 6.04 Å². The van der Waals surface area contributed by atoms with Crippen LogP contribution in [-0.4, -0.2) is 11.0 Å². The highest BCUT2D eigenvalue weighted by Crippen LogP contribution is 2.13. The molecule has 0 aliphatic carbocycles. The summed E-state index contributed by atoms with van der Waals surface area (Å²) < 4.78 is 0. The van der Waals surface area contributed by atoms with E-state index in [2.05, 4.69) is 24.0 Å². The van der Waals surface area contributed by atoms with Crippen molar-refractivity contribution < 1.29 is 0 Å². The second-order valence-electron chi connectivity index (χ2n) is 5.00. The van der Waals surface area contributed by atoms with Gasteiger partial charge in [-0.15, -0.1) is 0 Å². The molecule has 0 aliphatic heterocycles. The van der Waals surface area contributed by atoms with Gasteiger partial charge in [0.2, 0.25) is 0 Å². The molecular formula is C18H25ClN2. The number of nitrogens with zero attached hydrogens (tertiary/aromatic N) is 1. The van der Waals surface area contributed by atoms with Gasteiger partial charge in [-0.25, -0.2) is 0 Å². The summed E-state index contributed by atoms with van der Waals surface area (Å²) in [5, 5.41) is 0.771. The van der Waals surface area contributed by atoms with Gasteiger partial charge in [0.25, 0.3) is 0 Å². The van der Waals surface area contributed by atoms with Crippen molar-refractivity contribution in [2.75, 3.05) is 0 Å². The third-order valence-corrected chi connectivity index (χ3v) is 3.36. The largest absolute Gasteiger partial charge is 0.327 e. The van der Waals surface area contributed by atoms with E-state index in [1.807, 2.05) is 44.4 Å². The fourth-order valence-corrected chi connectivity index (χ4v) is 2.39. The van der Waals surface area contributed by atoms with Gasteiger partial charge in [-0.05, 0) is 55.0 Å². The Bertz CT molecular complexity index is 540. The fourth-order valence-electron chi connectivity index (χ4n) is 2.18. The monoisotopic (exact) mass is 304 g/mol. The van der Waals surface area contributed by atoms with E-state index in [0.717, 1.165) is 24.3 Å². The van der Waals surface area contributed by atoms with Gasteiger partial charge in [0.15, 0.2) is 0 Å². The molecule has 3 heteroatoms. The molecule has 0 amide bonds. The summed E-state index contributed by atoms with van der Waals surface area (Å²) in [6, 6.07) is 10.2. The summed E-state index contributed by atoms with van der Waals surface area (Å²) in [7, 11) is 0. The summed E-state index contributed by atoms with van der Waals surface area (Å²) >= 11 is 5.97. The SMILES string of the molecule is CC.Cc1cncc(CCC(N)Cc2cccc(Cl)c2)c1. The minimum Gasteiger partial charge on any atom is -0.327 e. The van der Waals surface area contributed by atoms with E-state index >= 15 is 0 Å². The maximum atomic E-state index is 6.18. The Morgan fingerprint density at radius 2 is 1.90 bits per heavy atom. The summed E-state index contributed by atoms with van der Waals surface area (Å²) in [5.74, 6) is 0. The van der Waals surface area contributed by atoms with Crippen LogP contribution in [0.1, 0.15) is 37.0 Å². The number of aromatic nitrogens is 1. The van der Waals surface area contributed by atoms with Gasteiger partial charge in [-0.3, -0.25) is 4.98 Å².